The van der Waals surface area contributed by atoms with Crippen LogP contribution in [-0.2, 0) is 24.5 Å². The van der Waals surface area contributed by atoms with Crippen LogP contribution in [0.15, 0.2) is 59.1 Å². The smallest absolute Gasteiger partial charge is 0.339 e. The van der Waals surface area contributed by atoms with Gasteiger partial charge < -0.3 is 15.8 Å². The fourth-order valence-electron chi connectivity index (χ4n) is 5.92. The molecule has 3 aliphatic rings. The second kappa shape index (κ2) is 8.48. The molecule has 1 spiro atoms. The van der Waals surface area contributed by atoms with Crippen LogP contribution in [0.25, 0.3) is 0 Å². The molecule has 1 amide bonds. The highest BCUT2D eigenvalue weighted by atomic mass is 35.5. The fraction of sp³-hybridized carbons (Fsp3) is 0.345. The third-order valence-corrected chi connectivity index (χ3v) is 7.66. The Kier molecular flexibility index (Phi) is 5.75. The van der Waals surface area contributed by atoms with Crippen LogP contribution in [0.2, 0.25) is 5.02 Å². The van der Waals surface area contributed by atoms with Gasteiger partial charge in [0.25, 0.3) is 0 Å². The number of nitrogens with one attached hydrogen (secondary N) is 1. The van der Waals surface area contributed by atoms with Crippen molar-refractivity contribution < 1.29 is 19.1 Å². The molecule has 1 atom stereocenters. The lowest BCUT2D eigenvalue weighted by molar-refractivity contribution is -0.140. The van der Waals surface area contributed by atoms with Gasteiger partial charge in [-0.2, -0.15) is 0 Å². The van der Waals surface area contributed by atoms with Gasteiger partial charge in [-0.25, -0.2) is 4.79 Å². The monoisotopic (exact) mass is 519 g/mol. The third kappa shape index (κ3) is 3.59. The van der Waals surface area contributed by atoms with Crippen LogP contribution < -0.4 is 16.0 Å². The molecule has 0 radical (unpaired) electrons. The van der Waals surface area contributed by atoms with Crippen LogP contribution in [0.4, 0.5) is 11.4 Å². The molecular weight excluding hydrogens is 490 g/mol. The number of Topliss-reactive ketones (excluding diaryl/α,β-unsaturated/α-hetero) is 1. The number of esters is 1. The molecular formula is C29H30ClN3O4. The van der Waals surface area contributed by atoms with Gasteiger partial charge in [0, 0.05) is 28.9 Å². The first-order chi connectivity index (χ1) is 17.4. The molecule has 7 nitrogen and oxygen atoms in total. The second-order valence-electron chi connectivity index (χ2n) is 10.8. The number of ether oxygens (including phenoxy) is 1. The molecule has 1 unspecified atom stereocenters. The van der Waals surface area contributed by atoms with Crippen molar-refractivity contribution >= 4 is 40.6 Å². The van der Waals surface area contributed by atoms with E-state index >= 15 is 0 Å². The van der Waals surface area contributed by atoms with Gasteiger partial charge in [-0.15, -0.1) is 0 Å². The lowest BCUT2D eigenvalue weighted by atomic mass is 9.60. The van der Waals surface area contributed by atoms with Crippen molar-refractivity contribution in [3.8, 4) is 0 Å². The number of carbonyl (C=O) groups is 3. The minimum atomic E-state index is -1.73. The molecule has 37 heavy (non-hydrogen) atoms. The van der Waals surface area contributed by atoms with Gasteiger partial charge in [0.1, 0.15) is 16.8 Å². The zero-order valence-electron chi connectivity index (χ0n) is 21.6. The van der Waals surface area contributed by atoms with E-state index in [0.29, 0.717) is 34.1 Å². The average molecular weight is 520 g/mol. The van der Waals surface area contributed by atoms with E-state index in [-0.39, 0.29) is 35.8 Å². The molecule has 2 aromatic rings. The van der Waals surface area contributed by atoms with Gasteiger partial charge in [0.15, 0.2) is 5.78 Å². The van der Waals surface area contributed by atoms with Crippen molar-refractivity contribution in [1.29, 1.82) is 0 Å². The Bertz CT molecular complexity index is 1460. The maximum atomic E-state index is 14.1. The van der Waals surface area contributed by atoms with Crippen molar-refractivity contribution in [3.05, 3.63) is 80.8 Å². The number of benzene rings is 2. The molecule has 192 valence electrons. The van der Waals surface area contributed by atoms with Crippen LogP contribution in [0.5, 0.6) is 0 Å². The molecule has 8 heteroatoms. The fourth-order valence-corrected chi connectivity index (χ4v) is 6.24. The molecule has 2 heterocycles. The number of carbonyl (C=O) groups excluding carboxylic acids is 3. The quantitative estimate of drug-likeness (QED) is 0.551. The first kappa shape index (κ1) is 25.1. The lowest BCUT2D eigenvalue weighted by Gasteiger charge is -2.47. The Morgan fingerprint density at radius 1 is 1.11 bits per heavy atom. The third-order valence-electron chi connectivity index (χ3n) is 7.36. The molecule has 1 aliphatic carbocycles. The van der Waals surface area contributed by atoms with Crippen molar-refractivity contribution in [2.45, 2.75) is 52.9 Å². The summed E-state index contributed by atoms with van der Waals surface area (Å²) in [4.78, 5) is 43.5. The zero-order chi connectivity index (χ0) is 26.9. The van der Waals surface area contributed by atoms with E-state index in [0.717, 1.165) is 11.1 Å². The van der Waals surface area contributed by atoms with E-state index in [9.17, 15) is 14.4 Å². The number of amides is 1. The molecule has 0 bridgehead atoms. The number of halogens is 1. The Hall–Kier alpha value is -3.58. The summed E-state index contributed by atoms with van der Waals surface area (Å²) >= 11 is 6.71. The van der Waals surface area contributed by atoms with Gasteiger partial charge in [-0.05, 0) is 56.4 Å². The van der Waals surface area contributed by atoms with Crippen LogP contribution in [0, 0.1) is 19.3 Å². The minimum absolute atomic E-state index is 0.0259. The van der Waals surface area contributed by atoms with Crippen LogP contribution in [0.3, 0.4) is 0 Å². The van der Waals surface area contributed by atoms with Crippen molar-refractivity contribution in [1.82, 2.24) is 0 Å². The van der Waals surface area contributed by atoms with Gasteiger partial charge in [-0.1, -0.05) is 49.2 Å². The zero-order valence-corrected chi connectivity index (χ0v) is 22.4. The minimum Gasteiger partial charge on any atom is -0.462 e. The topological polar surface area (TPSA) is 102 Å². The summed E-state index contributed by atoms with van der Waals surface area (Å²) in [6.45, 7) is 9.59. The second-order valence-corrected chi connectivity index (χ2v) is 11.2. The van der Waals surface area contributed by atoms with Crippen LogP contribution >= 0.6 is 11.6 Å². The highest BCUT2D eigenvalue weighted by Crippen LogP contribution is 2.58. The summed E-state index contributed by atoms with van der Waals surface area (Å²) in [6, 6.07) is 11.0. The number of nitrogens with two attached hydrogens (primary N) is 1. The van der Waals surface area contributed by atoms with Gasteiger partial charge >= 0.3 is 5.97 Å². The Morgan fingerprint density at radius 2 is 1.78 bits per heavy atom. The summed E-state index contributed by atoms with van der Waals surface area (Å²) in [5, 5.41) is 3.33. The SMILES string of the molecule is CCOC(=O)C1=C(N)N(c2ccc(C)cc2Cl)C2=C(C(=O)CC(C)(C)C2)C12C(=O)Nc1ccc(C)cc12. The predicted octanol–water partition coefficient (Wildman–Crippen LogP) is 5.04. The number of rotatable bonds is 3. The van der Waals surface area contributed by atoms with Gasteiger partial charge in [0.05, 0.1) is 17.3 Å². The highest BCUT2D eigenvalue weighted by molar-refractivity contribution is 6.33. The molecule has 5 rings (SSSR count). The summed E-state index contributed by atoms with van der Waals surface area (Å²) in [5.41, 5.74) is 8.91. The first-order valence-electron chi connectivity index (χ1n) is 12.4. The van der Waals surface area contributed by atoms with E-state index in [4.69, 9.17) is 22.1 Å². The van der Waals surface area contributed by atoms with Crippen LogP contribution in [0.1, 0.15) is 50.3 Å². The molecule has 2 aliphatic heterocycles. The van der Waals surface area contributed by atoms with Crippen molar-refractivity contribution in [3.63, 3.8) is 0 Å². The Balaban J connectivity index is 1.94. The number of nitrogens with zero attached hydrogens (tertiary/aromatic N) is 1. The molecule has 0 saturated carbocycles. The molecule has 3 N–H and O–H groups in total. The Labute approximate surface area is 221 Å². The molecule has 0 saturated heterocycles. The number of anilines is 2. The van der Waals surface area contributed by atoms with Crippen LogP contribution in [-0.4, -0.2) is 24.3 Å². The normalized spacial score (nSPS) is 22.3. The summed E-state index contributed by atoms with van der Waals surface area (Å²) in [5.74, 6) is -1.42. The van der Waals surface area contributed by atoms with E-state index < -0.39 is 22.7 Å². The summed E-state index contributed by atoms with van der Waals surface area (Å²) in [7, 11) is 0. The number of ketones is 1. The van der Waals surface area contributed by atoms with Gasteiger partial charge in [0.2, 0.25) is 5.91 Å². The number of allylic oxidation sites excluding steroid dienone is 1. The lowest BCUT2D eigenvalue weighted by Crippen LogP contribution is -2.54. The number of aryl methyl sites for hydroxylation is 2. The largest absolute Gasteiger partial charge is 0.462 e. The number of hydrogen-bond donors (Lipinski definition) is 2. The highest BCUT2D eigenvalue weighted by Gasteiger charge is 2.63. The summed E-state index contributed by atoms with van der Waals surface area (Å²) in [6.07, 6.45) is 0.665. The number of fused-ring (bicyclic) bond motifs is 3. The summed E-state index contributed by atoms with van der Waals surface area (Å²) < 4.78 is 5.47. The van der Waals surface area contributed by atoms with E-state index in [2.05, 4.69) is 5.32 Å². The predicted molar refractivity (Wildman–Crippen MR) is 143 cm³/mol. The van der Waals surface area contributed by atoms with E-state index in [1.165, 1.54) is 0 Å². The molecule has 0 fully saturated rings. The number of hydrogen-bond acceptors (Lipinski definition) is 6. The molecule has 0 aromatic heterocycles. The first-order valence-corrected chi connectivity index (χ1v) is 12.7. The maximum Gasteiger partial charge on any atom is 0.339 e. The van der Waals surface area contributed by atoms with Crippen molar-refractivity contribution in [2.75, 3.05) is 16.8 Å². The van der Waals surface area contributed by atoms with Crippen molar-refractivity contribution in [2.24, 2.45) is 11.1 Å². The van der Waals surface area contributed by atoms with Gasteiger partial charge in [-0.3, -0.25) is 14.5 Å². The standard InChI is InChI=1S/C29H30ClN3O4/c1-6-37-26(35)24-25(31)33(20-10-8-16(3)12-18(20)30)21-13-28(4,5)14-22(34)23(21)29(24)17-11-15(2)7-9-19(17)32-27(29)36/h7-12H,6,13-14,31H2,1-5H3,(H,32,36). The van der Waals surface area contributed by atoms with E-state index in [1.807, 2.05) is 52.0 Å². The Morgan fingerprint density at radius 3 is 2.46 bits per heavy atom. The maximum absolute atomic E-state index is 14.1. The average Bonchev–Trinajstić information content (AvgIpc) is 3.05. The molecule has 2 aromatic carbocycles. The van der Waals surface area contributed by atoms with E-state index in [1.54, 1.807) is 24.0 Å².